The van der Waals surface area contributed by atoms with E-state index in [0.29, 0.717) is 15.7 Å². The topological polar surface area (TPSA) is 43.6 Å². The van der Waals surface area contributed by atoms with Crippen LogP contribution >= 0.6 is 23.2 Å². The van der Waals surface area contributed by atoms with E-state index in [1.54, 1.807) is 6.07 Å². The summed E-state index contributed by atoms with van der Waals surface area (Å²) in [6.07, 6.45) is 0.943. The average molecular weight is 371 g/mol. The highest BCUT2D eigenvalue weighted by atomic mass is 35.5. The van der Waals surface area contributed by atoms with Crippen molar-refractivity contribution in [1.82, 2.24) is 19.5 Å². The SMILES string of the molecule is CC[C@@H](C)n1c(-c2ccc(Cl)cc2Cl)nc2nc3ccccc3nc21. The molecule has 4 nitrogen and oxygen atoms in total. The summed E-state index contributed by atoms with van der Waals surface area (Å²) in [6, 6.07) is 13.5. The van der Waals surface area contributed by atoms with Crippen LogP contribution in [0.2, 0.25) is 10.0 Å². The molecule has 0 N–H and O–H groups in total. The predicted octanol–water partition coefficient (Wildman–Crippen LogP) is 5.92. The largest absolute Gasteiger partial charge is 0.304 e. The lowest BCUT2D eigenvalue weighted by Gasteiger charge is -2.16. The van der Waals surface area contributed by atoms with Crippen molar-refractivity contribution in [2.75, 3.05) is 0 Å². The van der Waals surface area contributed by atoms with Gasteiger partial charge in [-0.2, -0.15) is 0 Å². The average Bonchev–Trinajstić information content (AvgIpc) is 2.97. The first-order valence-corrected chi connectivity index (χ1v) is 8.94. The number of hydrogen-bond acceptors (Lipinski definition) is 3. The molecule has 0 saturated heterocycles. The van der Waals surface area contributed by atoms with E-state index in [1.165, 1.54) is 0 Å². The van der Waals surface area contributed by atoms with Crippen molar-refractivity contribution in [3.8, 4) is 11.4 Å². The summed E-state index contributed by atoms with van der Waals surface area (Å²) in [5, 5.41) is 1.17. The second kappa shape index (κ2) is 6.28. The molecule has 0 aliphatic rings. The van der Waals surface area contributed by atoms with E-state index in [-0.39, 0.29) is 6.04 Å². The summed E-state index contributed by atoms with van der Waals surface area (Å²) in [7, 11) is 0. The van der Waals surface area contributed by atoms with Crippen LogP contribution in [-0.4, -0.2) is 19.5 Å². The Labute approximate surface area is 155 Å². The Kier molecular flexibility index (Phi) is 4.10. The molecule has 0 bridgehead atoms. The minimum atomic E-state index is 0.210. The first kappa shape index (κ1) is 16.3. The van der Waals surface area contributed by atoms with Crippen LogP contribution in [0.25, 0.3) is 33.7 Å². The van der Waals surface area contributed by atoms with Gasteiger partial charge >= 0.3 is 0 Å². The van der Waals surface area contributed by atoms with Crippen LogP contribution in [0.3, 0.4) is 0 Å². The molecule has 126 valence electrons. The van der Waals surface area contributed by atoms with Crippen LogP contribution in [0.4, 0.5) is 0 Å². The lowest BCUT2D eigenvalue weighted by atomic mass is 10.2. The number of para-hydroxylation sites is 2. The van der Waals surface area contributed by atoms with E-state index in [2.05, 4.69) is 23.4 Å². The highest BCUT2D eigenvalue weighted by Gasteiger charge is 2.20. The van der Waals surface area contributed by atoms with Gasteiger partial charge in [0.15, 0.2) is 11.3 Å². The van der Waals surface area contributed by atoms with Crippen molar-refractivity contribution < 1.29 is 0 Å². The normalized spacial score (nSPS) is 12.8. The molecule has 0 saturated carbocycles. The molecule has 0 unspecified atom stereocenters. The summed E-state index contributed by atoms with van der Waals surface area (Å²) >= 11 is 12.5. The van der Waals surface area contributed by atoms with Crippen molar-refractivity contribution in [2.45, 2.75) is 26.3 Å². The Bertz CT molecular complexity index is 1090. The first-order valence-electron chi connectivity index (χ1n) is 8.18. The number of hydrogen-bond donors (Lipinski definition) is 0. The van der Waals surface area contributed by atoms with E-state index in [1.807, 2.05) is 36.4 Å². The molecule has 2 heterocycles. The Morgan fingerprint density at radius 2 is 1.72 bits per heavy atom. The summed E-state index contributed by atoms with van der Waals surface area (Å²) in [4.78, 5) is 14.2. The lowest BCUT2D eigenvalue weighted by molar-refractivity contribution is 0.547. The van der Waals surface area contributed by atoms with Crippen LogP contribution in [0.1, 0.15) is 26.3 Å². The highest BCUT2D eigenvalue weighted by molar-refractivity contribution is 6.36. The summed E-state index contributed by atoms with van der Waals surface area (Å²) in [6.45, 7) is 4.28. The maximum Gasteiger partial charge on any atom is 0.198 e. The van der Waals surface area contributed by atoms with Gasteiger partial charge in [0, 0.05) is 16.6 Å². The third-order valence-electron chi connectivity index (χ3n) is 4.41. The predicted molar refractivity (Wildman–Crippen MR) is 103 cm³/mol. The fourth-order valence-corrected chi connectivity index (χ4v) is 3.43. The van der Waals surface area contributed by atoms with Crippen molar-refractivity contribution in [3.63, 3.8) is 0 Å². The summed E-state index contributed by atoms with van der Waals surface area (Å²) < 4.78 is 2.11. The molecule has 1 atom stereocenters. The molecule has 0 aliphatic carbocycles. The second-order valence-electron chi connectivity index (χ2n) is 6.05. The fraction of sp³-hybridized carbons (Fsp3) is 0.211. The zero-order valence-electron chi connectivity index (χ0n) is 13.9. The standard InChI is InChI=1S/C19H16Cl2N4/c1-3-11(2)25-18(13-9-8-12(20)10-14(13)21)24-17-19(25)23-16-7-5-4-6-15(16)22-17/h4-11H,3H2,1-2H3/t11-/m1/s1. The highest BCUT2D eigenvalue weighted by Crippen LogP contribution is 2.34. The van der Waals surface area contributed by atoms with Crippen molar-refractivity contribution in [2.24, 2.45) is 0 Å². The number of aromatic nitrogens is 4. The summed E-state index contributed by atoms with van der Waals surface area (Å²) in [5.74, 6) is 0.765. The van der Waals surface area contributed by atoms with Crippen LogP contribution in [0.15, 0.2) is 42.5 Å². The maximum absolute atomic E-state index is 6.44. The van der Waals surface area contributed by atoms with Gasteiger partial charge in [-0.05, 0) is 43.7 Å². The fourth-order valence-electron chi connectivity index (χ4n) is 2.93. The summed E-state index contributed by atoms with van der Waals surface area (Å²) in [5.41, 5.74) is 3.91. The van der Waals surface area contributed by atoms with Crippen molar-refractivity contribution >= 4 is 45.5 Å². The van der Waals surface area contributed by atoms with Crippen molar-refractivity contribution in [3.05, 3.63) is 52.5 Å². The molecule has 0 spiro atoms. The van der Waals surface area contributed by atoms with E-state index in [4.69, 9.17) is 33.2 Å². The zero-order valence-corrected chi connectivity index (χ0v) is 15.4. The first-order chi connectivity index (χ1) is 12.1. The number of benzene rings is 2. The van der Waals surface area contributed by atoms with Crippen LogP contribution in [0, 0.1) is 0 Å². The van der Waals surface area contributed by atoms with E-state index in [0.717, 1.165) is 34.5 Å². The number of rotatable bonds is 3. The van der Waals surface area contributed by atoms with E-state index < -0.39 is 0 Å². The van der Waals surface area contributed by atoms with Gasteiger partial charge in [0.1, 0.15) is 5.82 Å². The van der Waals surface area contributed by atoms with Gasteiger partial charge in [-0.15, -0.1) is 0 Å². The molecule has 0 aliphatic heterocycles. The van der Waals surface area contributed by atoms with Gasteiger partial charge in [-0.25, -0.2) is 15.0 Å². The smallest absolute Gasteiger partial charge is 0.198 e. The molecular formula is C19H16Cl2N4. The monoisotopic (exact) mass is 370 g/mol. The van der Waals surface area contributed by atoms with Crippen molar-refractivity contribution in [1.29, 1.82) is 0 Å². The van der Waals surface area contributed by atoms with Gasteiger partial charge in [0.05, 0.1) is 16.1 Å². The quantitative estimate of drug-likeness (QED) is 0.449. The Hall–Kier alpha value is -2.17. The molecule has 0 amide bonds. The van der Waals surface area contributed by atoms with Gasteiger partial charge in [0.25, 0.3) is 0 Å². The zero-order chi connectivity index (χ0) is 17.6. The van der Waals surface area contributed by atoms with E-state index in [9.17, 15) is 0 Å². The van der Waals surface area contributed by atoms with Gasteiger partial charge < -0.3 is 4.57 Å². The molecule has 6 heteroatoms. The minimum Gasteiger partial charge on any atom is -0.304 e. The lowest BCUT2D eigenvalue weighted by Crippen LogP contribution is -2.07. The van der Waals surface area contributed by atoms with Crippen LogP contribution < -0.4 is 0 Å². The van der Waals surface area contributed by atoms with Gasteiger partial charge in [-0.1, -0.05) is 42.3 Å². The molecule has 4 aromatic rings. The Morgan fingerprint density at radius 3 is 2.40 bits per heavy atom. The second-order valence-corrected chi connectivity index (χ2v) is 6.89. The molecule has 25 heavy (non-hydrogen) atoms. The molecule has 4 rings (SSSR count). The number of nitrogens with zero attached hydrogens (tertiary/aromatic N) is 4. The Morgan fingerprint density at radius 1 is 1.00 bits per heavy atom. The van der Waals surface area contributed by atoms with Crippen LogP contribution in [0.5, 0.6) is 0 Å². The van der Waals surface area contributed by atoms with Gasteiger partial charge in [0.2, 0.25) is 0 Å². The van der Waals surface area contributed by atoms with Crippen LogP contribution in [-0.2, 0) is 0 Å². The third-order valence-corrected chi connectivity index (χ3v) is 4.95. The molecule has 0 radical (unpaired) electrons. The Balaban J connectivity index is 2.07. The minimum absolute atomic E-state index is 0.210. The molecule has 0 fully saturated rings. The van der Waals surface area contributed by atoms with Gasteiger partial charge in [-0.3, -0.25) is 0 Å². The number of fused-ring (bicyclic) bond motifs is 2. The number of halogens is 2. The number of imidazole rings is 1. The van der Waals surface area contributed by atoms with E-state index >= 15 is 0 Å². The maximum atomic E-state index is 6.44. The molecule has 2 aromatic heterocycles. The molecular weight excluding hydrogens is 355 g/mol. The molecule has 2 aromatic carbocycles. The third kappa shape index (κ3) is 2.75.